The summed E-state index contributed by atoms with van der Waals surface area (Å²) in [7, 11) is 1.05. The molecule has 0 aliphatic rings. The molecule has 368 valence electrons. The molecule has 0 aromatic rings. The van der Waals surface area contributed by atoms with Crippen molar-refractivity contribution >= 4 is 19.8 Å². The van der Waals surface area contributed by atoms with Gasteiger partial charge >= 0.3 is 11.9 Å². The van der Waals surface area contributed by atoms with Crippen molar-refractivity contribution in [3.63, 3.8) is 0 Å². The van der Waals surface area contributed by atoms with Crippen LogP contribution in [0, 0.1) is 0 Å². The number of ether oxygens (including phenoxy) is 2. The zero-order valence-corrected chi connectivity index (χ0v) is 41.6. The van der Waals surface area contributed by atoms with E-state index in [1.807, 2.05) is 64.5 Å². The van der Waals surface area contributed by atoms with Crippen LogP contribution in [0.3, 0.4) is 0 Å². The number of allylic oxidation sites excluding steroid dienone is 10. The highest BCUT2D eigenvalue weighted by molar-refractivity contribution is 7.45. The van der Waals surface area contributed by atoms with Crippen LogP contribution in [0.1, 0.15) is 168 Å². The summed E-state index contributed by atoms with van der Waals surface area (Å²) in [6, 6.07) is 0. The smallest absolute Gasteiger partial charge is 0.306 e. The highest BCUT2D eigenvalue weighted by Crippen LogP contribution is 2.38. The number of aliphatic hydroxyl groups excluding tert-OH is 2. The zero-order valence-electron chi connectivity index (χ0n) is 40.7. The molecular formula is C52H90NO10P. The van der Waals surface area contributed by atoms with E-state index in [-0.39, 0.29) is 26.1 Å². The molecule has 2 N–H and O–H groups in total. The van der Waals surface area contributed by atoms with E-state index >= 15 is 0 Å². The third kappa shape index (κ3) is 45.7. The van der Waals surface area contributed by atoms with Gasteiger partial charge in [-0.15, -0.1) is 0 Å². The van der Waals surface area contributed by atoms with Crippen molar-refractivity contribution < 1.29 is 52.3 Å². The Morgan fingerprint density at radius 1 is 0.594 bits per heavy atom. The second-order valence-electron chi connectivity index (χ2n) is 17.5. The SMILES string of the molecule is CC/C=C\C[C@@H](O)/C=C/C=C\C=C\[C@@H](O)C/C=C\C/C=C\CCC(=O)OC[C@H](COP(=O)([O-])OCC[N+](C)(C)C)OC(=O)CCCCCCCCCCC/C=C\CCCCCCCC. The number of hydrogen-bond donors (Lipinski definition) is 2. The van der Waals surface area contributed by atoms with Crippen LogP contribution in [-0.2, 0) is 32.7 Å². The van der Waals surface area contributed by atoms with E-state index in [4.69, 9.17) is 18.5 Å². The summed E-state index contributed by atoms with van der Waals surface area (Å²) in [6.07, 6.45) is 48.3. The third-order valence-electron chi connectivity index (χ3n) is 10.1. The normalized spacial score (nSPS) is 15.2. The molecule has 64 heavy (non-hydrogen) atoms. The van der Waals surface area contributed by atoms with Gasteiger partial charge in [0.2, 0.25) is 0 Å². The summed E-state index contributed by atoms with van der Waals surface area (Å²) in [5.41, 5.74) is 0. The van der Waals surface area contributed by atoms with Crippen LogP contribution in [0.4, 0.5) is 0 Å². The fourth-order valence-electron chi connectivity index (χ4n) is 6.20. The van der Waals surface area contributed by atoms with Gasteiger partial charge in [0.05, 0.1) is 40.0 Å². The number of phosphoric ester groups is 1. The van der Waals surface area contributed by atoms with Crippen molar-refractivity contribution in [1.29, 1.82) is 0 Å². The predicted octanol–water partition coefficient (Wildman–Crippen LogP) is 11.7. The maximum absolute atomic E-state index is 12.7. The van der Waals surface area contributed by atoms with Gasteiger partial charge in [-0.25, -0.2) is 0 Å². The van der Waals surface area contributed by atoms with E-state index < -0.39 is 44.7 Å². The molecule has 0 saturated carbocycles. The minimum Gasteiger partial charge on any atom is -0.756 e. The van der Waals surface area contributed by atoms with Crippen molar-refractivity contribution in [3.05, 3.63) is 85.1 Å². The average Bonchev–Trinajstić information content (AvgIpc) is 3.24. The lowest BCUT2D eigenvalue weighted by Crippen LogP contribution is -2.37. The third-order valence-corrected chi connectivity index (χ3v) is 11.0. The average molecular weight is 920 g/mol. The molecular weight excluding hydrogens is 830 g/mol. The number of quaternary nitrogens is 1. The van der Waals surface area contributed by atoms with Gasteiger partial charge in [0.25, 0.3) is 7.82 Å². The van der Waals surface area contributed by atoms with Crippen molar-refractivity contribution in [1.82, 2.24) is 0 Å². The summed E-state index contributed by atoms with van der Waals surface area (Å²) in [4.78, 5) is 37.6. The maximum atomic E-state index is 12.7. The number of phosphoric acid groups is 1. The largest absolute Gasteiger partial charge is 0.756 e. The van der Waals surface area contributed by atoms with Gasteiger partial charge < -0.3 is 38.1 Å². The number of aliphatic hydroxyl groups is 2. The van der Waals surface area contributed by atoms with Gasteiger partial charge in [-0.05, 0) is 64.2 Å². The summed E-state index contributed by atoms with van der Waals surface area (Å²) in [6.45, 7) is 3.82. The van der Waals surface area contributed by atoms with Gasteiger partial charge in [-0.3, -0.25) is 14.2 Å². The Bertz CT molecular complexity index is 1400. The number of esters is 2. The molecule has 0 heterocycles. The predicted molar refractivity (Wildman–Crippen MR) is 261 cm³/mol. The maximum Gasteiger partial charge on any atom is 0.306 e. The molecule has 0 aliphatic heterocycles. The van der Waals surface area contributed by atoms with Crippen LogP contribution in [0.25, 0.3) is 0 Å². The molecule has 0 rings (SSSR count). The van der Waals surface area contributed by atoms with Crippen LogP contribution in [0.15, 0.2) is 85.1 Å². The Kier molecular flexibility index (Phi) is 40.8. The second kappa shape index (κ2) is 42.7. The molecule has 0 aromatic carbocycles. The summed E-state index contributed by atoms with van der Waals surface area (Å²) >= 11 is 0. The summed E-state index contributed by atoms with van der Waals surface area (Å²) in [5.74, 6) is -1.01. The lowest BCUT2D eigenvalue weighted by atomic mass is 10.1. The first-order chi connectivity index (χ1) is 30.8. The molecule has 0 radical (unpaired) electrons. The fraction of sp³-hybridized carbons (Fsp3) is 0.692. The van der Waals surface area contributed by atoms with E-state index in [1.165, 1.54) is 83.5 Å². The molecule has 0 fully saturated rings. The van der Waals surface area contributed by atoms with Gasteiger partial charge in [0.1, 0.15) is 19.8 Å². The first-order valence-corrected chi connectivity index (χ1v) is 26.0. The van der Waals surface area contributed by atoms with Crippen molar-refractivity contribution in [2.75, 3.05) is 47.5 Å². The molecule has 12 heteroatoms. The van der Waals surface area contributed by atoms with Crippen LogP contribution < -0.4 is 4.89 Å². The van der Waals surface area contributed by atoms with Gasteiger partial charge in [-0.1, -0.05) is 176 Å². The summed E-state index contributed by atoms with van der Waals surface area (Å²) < 4.78 is 33.8. The Balaban J connectivity index is 4.52. The van der Waals surface area contributed by atoms with Crippen molar-refractivity contribution in [2.45, 2.75) is 186 Å². The van der Waals surface area contributed by atoms with E-state index in [0.29, 0.717) is 43.1 Å². The van der Waals surface area contributed by atoms with Gasteiger partial charge in [0, 0.05) is 12.8 Å². The minimum absolute atomic E-state index is 0.0645. The van der Waals surface area contributed by atoms with Crippen LogP contribution >= 0.6 is 7.82 Å². The molecule has 0 saturated heterocycles. The minimum atomic E-state index is -4.68. The van der Waals surface area contributed by atoms with E-state index in [9.17, 15) is 29.3 Å². The molecule has 4 atom stereocenters. The fourth-order valence-corrected chi connectivity index (χ4v) is 6.93. The quantitative estimate of drug-likeness (QED) is 0.0151. The van der Waals surface area contributed by atoms with Crippen molar-refractivity contribution in [2.24, 2.45) is 0 Å². The Hall–Kier alpha value is -2.89. The van der Waals surface area contributed by atoms with Crippen LogP contribution in [-0.4, -0.2) is 92.5 Å². The van der Waals surface area contributed by atoms with E-state index in [1.54, 1.807) is 36.5 Å². The molecule has 1 unspecified atom stereocenters. The standard InChI is InChI=1S/C52H90NO10P/c1-6-8-10-11-12-13-14-15-16-17-18-19-20-21-22-23-24-29-37-43-52(57)63-50(47-62-64(58,59)61-45-44-53(3,4)5)46-60-51(56)42-36-28-26-25-27-33-39-49(55)41-35-31-30-34-40-48(54)38-32-9-7-2/h9,15-16,26-28,30-35,40-41,48-50,54-55H,6-8,10-14,17-25,29,36-39,42-47H2,1-5H3/b16-15-,28-26-,31-30-,32-9-,33-27-,40-34+,41-35+/t48-,49+,50-/m1/s1. The number of hydrogen-bond acceptors (Lipinski definition) is 10. The second-order valence-corrected chi connectivity index (χ2v) is 18.9. The number of likely N-dealkylation sites (N-methyl/N-ethyl adjacent to an activating group) is 1. The first-order valence-electron chi connectivity index (χ1n) is 24.5. The molecule has 0 amide bonds. The lowest BCUT2D eigenvalue weighted by molar-refractivity contribution is -0.870. The van der Waals surface area contributed by atoms with Gasteiger partial charge in [0.15, 0.2) is 6.10 Å². The number of unbranched alkanes of at least 4 members (excludes halogenated alkanes) is 15. The number of carbonyl (C=O) groups excluding carboxylic acids is 2. The Morgan fingerprint density at radius 2 is 1.11 bits per heavy atom. The number of nitrogens with zero attached hydrogens (tertiary/aromatic N) is 1. The molecule has 11 nitrogen and oxygen atoms in total. The number of rotatable bonds is 43. The topological polar surface area (TPSA) is 152 Å². The first kappa shape index (κ1) is 61.1. The lowest BCUT2D eigenvalue weighted by Gasteiger charge is -2.28. The van der Waals surface area contributed by atoms with Gasteiger partial charge in [-0.2, -0.15) is 0 Å². The Labute approximate surface area is 389 Å². The zero-order chi connectivity index (χ0) is 47.4. The molecule has 0 bridgehead atoms. The Morgan fingerprint density at radius 3 is 1.67 bits per heavy atom. The monoisotopic (exact) mass is 920 g/mol. The summed E-state index contributed by atoms with van der Waals surface area (Å²) in [5, 5.41) is 20.0. The van der Waals surface area contributed by atoms with Crippen LogP contribution in [0.2, 0.25) is 0 Å². The van der Waals surface area contributed by atoms with Crippen LogP contribution in [0.5, 0.6) is 0 Å². The molecule has 0 spiro atoms. The highest BCUT2D eigenvalue weighted by Gasteiger charge is 2.21. The van der Waals surface area contributed by atoms with E-state index in [0.717, 1.165) is 25.7 Å². The molecule has 0 aromatic heterocycles. The highest BCUT2D eigenvalue weighted by atomic mass is 31.2. The number of carbonyl (C=O) groups is 2. The van der Waals surface area contributed by atoms with Crippen molar-refractivity contribution in [3.8, 4) is 0 Å². The van der Waals surface area contributed by atoms with E-state index in [2.05, 4.69) is 19.1 Å². The molecule has 0 aliphatic carbocycles.